The number of thioether (sulfide) groups is 1. The predicted molar refractivity (Wildman–Crippen MR) is 78.8 cm³/mol. The van der Waals surface area contributed by atoms with Crippen LogP contribution < -0.4 is 5.73 Å². The Labute approximate surface area is 113 Å². The van der Waals surface area contributed by atoms with E-state index in [1.165, 1.54) is 0 Å². The van der Waals surface area contributed by atoms with Gasteiger partial charge in [0.25, 0.3) is 0 Å². The van der Waals surface area contributed by atoms with E-state index >= 15 is 0 Å². The van der Waals surface area contributed by atoms with Crippen LogP contribution in [0.4, 0.5) is 0 Å². The average Bonchev–Trinajstić information content (AvgIpc) is 2.66. The van der Waals surface area contributed by atoms with Crippen LogP contribution in [0.2, 0.25) is 0 Å². The molecular weight excluding hydrogens is 242 g/mol. The van der Waals surface area contributed by atoms with Crippen LogP contribution in [0.15, 0.2) is 29.4 Å². The van der Waals surface area contributed by atoms with Crippen LogP contribution in [0, 0.1) is 5.41 Å². The summed E-state index contributed by atoms with van der Waals surface area (Å²) in [5, 5.41) is 1.28. The molecule has 0 aliphatic rings. The quantitative estimate of drug-likeness (QED) is 0.834. The van der Waals surface area contributed by atoms with E-state index in [1.807, 2.05) is 24.3 Å². The lowest BCUT2D eigenvalue weighted by Gasteiger charge is -2.32. The summed E-state index contributed by atoms with van der Waals surface area (Å²) in [5.74, 6) is 0. The maximum absolute atomic E-state index is 6.10. The van der Waals surface area contributed by atoms with Crippen molar-refractivity contribution in [2.24, 2.45) is 11.1 Å². The molecule has 0 saturated heterocycles. The number of imidazole rings is 1. The maximum atomic E-state index is 6.10. The van der Waals surface area contributed by atoms with Gasteiger partial charge < -0.3 is 10.7 Å². The first-order valence-corrected chi connectivity index (χ1v) is 7.13. The van der Waals surface area contributed by atoms with E-state index < -0.39 is 0 Å². The number of para-hydroxylation sites is 2. The highest BCUT2D eigenvalue weighted by Crippen LogP contribution is 2.36. The highest BCUT2D eigenvalue weighted by molar-refractivity contribution is 7.99. The van der Waals surface area contributed by atoms with Gasteiger partial charge in [0.15, 0.2) is 5.16 Å². The van der Waals surface area contributed by atoms with Crippen molar-refractivity contribution in [3.05, 3.63) is 24.3 Å². The van der Waals surface area contributed by atoms with E-state index in [-0.39, 0.29) is 11.5 Å². The minimum absolute atomic E-state index is 0.128. The van der Waals surface area contributed by atoms with E-state index in [9.17, 15) is 0 Å². The Bertz CT molecular complexity index is 492. The van der Waals surface area contributed by atoms with Crippen LogP contribution in [0.3, 0.4) is 0 Å². The van der Waals surface area contributed by atoms with Crippen LogP contribution in [-0.4, -0.2) is 21.3 Å². The zero-order valence-corrected chi connectivity index (χ0v) is 12.2. The van der Waals surface area contributed by atoms with Gasteiger partial charge in [0.1, 0.15) is 0 Å². The summed E-state index contributed by atoms with van der Waals surface area (Å²) in [7, 11) is 0. The van der Waals surface area contributed by atoms with Crippen molar-refractivity contribution in [1.82, 2.24) is 9.97 Å². The van der Waals surface area contributed by atoms with Crippen molar-refractivity contribution in [3.63, 3.8) is 0 Å². The van der Waals surface area contributed by atoms with Crippen molar-refractivity contribution in [2.75, 3.05) is 0 Å². The third-order valence-corrected chi connectivity index (χ3v) is 4.74. The third kappa shape index (κ3) is 2.87. The number of fused-ring (bicyclic) bond motifs is 1. The fraction of sp³-hybridized carbons (Fsp3) is 0.500. The standard InChI is InChI=1S/C14H21N3S/c1-9(15)12(14(2,3)4)18-13-16-10-7-5-6-8-11(10)17-13/h5-9,12H,15H2,1-4H3,(H,16,17). The largest absolute Gasteiger partial charge is 0.333 e. The number of aromatic amines is 1. The van der Waals surface area contributed by atoms with Crippen LogP contribution in [0.1, 0.15) is 27.7 Å². The molecule has 3 N–H and O–H groups in total. The van der Waals surface area contributed by atoms with Crippen LogP contribution >= 0.6 is 11.8 Å². The van der Waals surface area contributed by atoms with Gasteiger partial charge in [0, 0.05) is 11.3 Å². The lowest BCUT2D eigenvalue weighted by Crippen LogP contribution is -2.38. The van der Waals surface area contributed by atoms with E-state index in [1.54, 1.807) is 11.8 Å². The number of nitrogens with one attached hydrogen (secondary N) is 1. The lowest BCUT2D eigenvalue weighted by molar-refractivity contribution is 0.363. The van der Waals surface area contributed by atoms with Crippen molar-refractivity contribution < 1.29 is 0 Å². The minimum Gasteiger partial charge on any atom is -0.333 e. The molecule has 0 bridgehead atoms. The fourth-order valence-corrected chi connectivity index (χ4v) is 3.31. The molecule has 2 atom stereocenters. The van der Waals surface area contributed by atoms with Gasteiger partial charge in [-0.3, -0.25) is 0 Å². The summed E-state index contributed by atoms with van der Waals surface area (Å²) in [4.78, 5) is 7.95. The van der Waals surface area contributed by atoms with Gasteiger partial charge in [0.2, 0.25) is 0 Å². The summed E-state index contributed by atoms with van der Waals surface area (Å²) in [5.41, 5.74) is 8.35. The first-order valence-electron chi connectivity index (χ1n) is 6.25. The Morgan fingerprint density at radius 2 is 1.94 bits per heavy atom. The molecule has 3 nitrogen and oxygen atoms in total. The second-order valence-corrected chi connectivity index (χ2v) is 6.95. The van der Waals surface area contributed by atoms with Gasteiger partial charge in [-0.25, -0.2) is 4.98 Å². The number of H-pyrrole nitrogens is 1. The van der Waals surface area contributed by atoms with Crippen molar-refractivity contribution in [1.29, 1.82) is 0 Å². The molecule has 0 amide bonds. The molecule has 2 rings (SSSR count). The van der Waals surface area contributed by atoms with Gasteiger partial charge in [-0.05, 0) is 24.5 Å². The smallest absolute Gasteiger partial charge is 0.166 e. The second kappa shape index (κ2) is 4.94. The molecular formula is C14H21N3S. The minimum atomic E-state index is 0.128. The number of benzene rings is 1. The molecule has 0 spiro atoms. The number of rotatable bonds is 3. The van der Waals surface area contributed by atoms with Crippen molar-refractivity contribution in [3.8, 4) is 0 Å². The second-order valence-electron chi connectivity index (χ2n) is 5.82. The topological polar surface area (TPSA) is 54.7 Å². The Kier molecular flexibility index (Phi) is 3.69. The molecule has 0 saturated carbocycles. The van der Waals surface area contributed by atoms with E-state index in [2.05, 4.69) is 37.7 Å². The summed E-state index contributed by atoms with van der Waals surface area (Å²) >= 11 is 1.74. The summed E-state index contributed by atoms with van der Waals surface area (Å²) < 4.78 is 0. The molecule has 1 aromatic heterocycles. The van der Waals surface area contributed by atoms with E-state index in [0.717, 1.165) is 16.2 Å². The monoisotopic (exact) mass is 263 g/mol. The van der Waals surface area contributed by atoms with Crippen molar-refractivity contribution in [2.45, 2.75) is 44.1 Å². The number of hydrogen-bond donors (Lipinski definition) is 2. The Morgan fingerprint density at radius 3 is 2.50 bits per heavy atom. The van der Waals surface area contributed by atoms with Gasteiger partial charge in [0.05, 0.1) is 11.0 Å². The normalized spacial score (nSPS) is 15.8. The third-order valence-electron chi connectivity index (χ3n) is 2.94. The molecule has 18 heavy (non-hydrogen) atoms. The zero-order valence-electron chi connectivity index (χ0n) is 11.4. The predicted octanol–water partition coefficient (Wildman–Crippen LogP) is 3.42. The number of hydrogen-bond acceptors (Lipinski definition) is 3. The van der Waals surface area contributed by atoms with Crippen LogP contribution in [0.5, 0.6) is 0 Å². The Hall–Kier alpha value is -1.00. The van der Waals surface area contributed by atoms with E-state index in [4.69, 9.17) is 5.73 Å². The molecule has 2 unspecified atom stereocenters. The molecule has 1 heterocycles. The number of nitrogens with two attached hydrogens (primary N) is 1. The molecule has 0 aliphatic heterocycles. The summed E-state index contributed by atoms with van der Waals surface area (Å²) in [6, 6.07) is 8.22. The average molecular weight is 263 g/mol. The van der Waals surface area contributed by atoms with Gasteiger partial charge in [-0.2, -0.15) is 0 Å². The Morgan fingerprint density at radius 1 is 1.28 bits per heavy atom. The fourth-order valence-electron chi connectivity index (χ4n) is 2.18. The van der Waals surface area contributed by atoms with Crippen molar-refractivity contribution >= 4 is 22.8 Å². The van der Waals surface area contributed by atoms with Gasteiger partial charge in [-0.1, -0.05) is 44.7 Å². The SMILES string of the molecule is CC(N)C(Sc1nc2ccccc2[nH]1)C(C)(C)C. The van der Waals surface area contributed by atoms with Gasteiger partial charge >= 0.3 is 0 Å². The summed E-state index contributed by atoms with van der Waals surface area (Å²) in [6.07, 6.45) is 0. The van der Waals surface area contributed by atoms with Crippen LogP contribution in [-0.2, 0) is 0 Å². The van der Waals surface area contributed by atoms with Crippen LogP contribution in [0.25, 0.3) is 11.0 Å². The lowest BCUT2D eigenvalue weighted by atomic mass is 9.88. The first kappa shape index (κ1) is 13.4. The van der Waals surface area contributed by atoms with E-state index in [0.29, 0.717) is 5.25 Å². The zero-order chi connectivity index (χ0) is 13.3. The highest BCUT2D eigenvalue weighted by Gasteiger charge is 2.29. The first-order chi connectivity index (χ1) is 8.38. The Balaban J connectivity index is 2.26. The number of aromatic nitrogens is 2. The van der Waals surface area contributed by atoms with Gasteiger partial charge in [-0.15, -0.1) is 0 Å². The number of nitrogens with zero attached hydrogens (tertiary/aromatic N) is 1. The highest BCUT2D eigenvalue weighted by atomic mass is 32.2. The molecule has 0 fully saturated rings. The molecule has 0 aliphatic carbocycles. The maximum Gasteiger partial charge on any atom is 0.166 e. The summed E-state index contributed by atoms with van der Waals surface area (Å²) in [6.45, 7) is 8.72. The molecule has 0 radical (unpaired) electrons. The molecule has 98 valence electrons. The molecule has 4 heteroatoms. The molecule has 2 aromatic rings. The molecule has 1 aromatic carbocycles.